The van der Waals surface area contributed by atoms with Gasteiger partial charge in [0.05, 0.1) is 0 Å². The Bertz CT molecular complexity index is 3600. The molecule has 1 aromatic heterocycles. The molecule has 0 amide bonds. The van der Waals surface area contributed by atoms with E-state index >= 15 is 0 Å². The molecule has 0 atom stereocenters. The summed E-state index contributed by atoms with van der Waals surface area (Å²) >= 11 is 0. The minimum Gasteiger partial charge on any atom is -0.456 e. The lowest BCUT2D eigenvalue weighted by molar-refractivity contribution is 0.631. The molecule has 0 fully saturated rings. The number of para-hydroxylation sites is 1. The molecule has 2 heteroatoms. The summed E-state index contributed by atoms with van der Waals surface area (Å²) in [5, 5.41) is 8.70. The van der Waals surface area contributed by atoms with Gasteiger partial charge in [0, 0.05) is 28.0 Å². The van der Waals surface area contributed by atoms with Crippen molar-refractivity contribution in [1.82, 2.24) is 0 Å². The average Bonchev–Trinajstić information content (AvgIpc) is 3.82. The molecule has 1 heterocycles. The molecule has 11 aromatic carbocycles. The molecule has 12 aromatic rings. The van der Waals surface area contributed by atoms with Crippen LogP contribution < -0.4 is 4.90 Å². The van der Waals surface area contributed by atoms with E-state index in [1.54, 1.807) is 0 Å². The molecule has 12 rings (SSSR count). The fourth-order valence-corrected chi connectivity index (χ4v) is 9.34. The topological polar surface area (TPSA) is 16.4 Å². The fraction of sp³-hybridized carbons (Fsp3) is 0. The largest absolute Gasteiger partial charge is 0.456 e. The van der Waals surface area contributed by atoms with Crippen molar-refractivity contribution in [2.45, 2.75) is 0 Å². The minimum absolute atomic E-state index is 0.871. The number of anilines is 3. The lowest BCUT2D eigenvalue weighted by Gasteiger charge is -2.26. The van der Waals surface area contributed by atoms with Gasteiger partial charge in [0.15, 0.2) is 0 Å². The SMILES string of the molecule is c1cc(-c2ccc(N(c3ccc(-c4ccc(-c5cccc6ccccc56)cc4)cc3)c3ccc(-c4ccc5c(ccc6ccccc65)c4)cc3)cc2)cc(-c2cc3ccccc3o2)c1. The smallest absolute Gasteiger partial charge is 0.135 e. The van der Waals surface area contributed by atoms with E-state index in [2.05, 4.69) is 235 Å². The summed E-state index contributed by atoms with van der Waals surface area (Å²) in [6.07, 6.45) is 0. The normalized spacial score (nSPS) is 11.4. The van der Waals surface area contributed by atoms with E-state index in [1.165, 1.54) is 65.7 Å². The van der Waals surface area contributed by atoms with Gasteiger partial charge in [-0.2, -0.15) is 0 Å². The van der Waals surface area contributed by atoms with Crippen LogP contribution in [0, 0.1) is 0 Å². The van der Waals surface area contributed by atoms with E-state index in [1.807, 2.05) is 18.2 Å². The number of hydrogen-bond donors (Lipinski definition) is 0. The molecule has 0 radical (unpaired) electrons. The lowest BCUT2D eigenvalue weighted by atomic mass is 9.96. The quantitative estimate of drug-likeness (QED) is 0.142. The predicted octanol–water partition coefficient (Wildman–Crippen LogP) is 17.7. The van der Waals surface area contributed by atoms with Gasteiger partial charge >= 0.3 is 0 Å². The van der Waals surface area contributed by atoms with Gasteiger partial charge in [-0.25, -0.2) is 0 Å². The first-order chi connectivity index (χ1) is 31.7. The summed E-state index contributed by atoms with van der Waals surface area (Å²) in [5.41, 5.74) is 14.7. The third-order valence-electron chi connectivity index (χ3n) is 12.7. The van der Waals surface area contributed by atoms with Crippen LogP contribution >= 0.6 is 0 Å². The van der Waals surface area contributed by atoms with Gasteiger partial charge in [-0.15, -0.1) is 0 Å². The summed E-state index contributed by atoms with van der Waals surface area (Å²) in [5.74, 6) is 0.871. The van der Waals surface area contributed by atoms with E-state index in [9.17, 15) is 0 Å². The maximum Gasteiger partial charge on any atom is 0.135 e. The summed E-state index contributed by atoms with van der Waals surface area (Å²) in [6.45, 7) is 0. The highest BCUT2D eigenvalue weighted by Gasteiger charge is 2.15. The molecule has 64 heavy (non-hydrogen) atoms. The van der Waals surface area contributed by atoms with Gasteiger partial charge in [0.1, 0.15) is 11.3 Å². The van der Waals surface area contributed by atoms with Crippen LogP contribution in [0.5, 0.6) is 0 Å². The molecule has 0 aliphatic heterocycles. The van der Waals surface area contributed by atoms with Crippen molar-refractivity contribution in [1.29, 1.82) is 0 Å². The number of hydrogen-bond acceptors (Lipinski definition) is 2. The number of benzene rings is 11. The number of fused-ring (bicyclic) bond motifs is 5. The van der Waals surface area contributed by atoms with Gasteiger partial charge in [-0.3, -0.25) is 0 Å². The molecule has 0 aliphatic rings. The molecule has 0 bridgehead atoms. The highest BCUT2D eigenvalue weighted by atomic mass is 16.3. The van der Waals surface area contributed by atoms with Crippen molar-refractivity contribution in [3.05, 3.63) is 249 Å². The first-order valence-electron chi connectivity index (χ1n) is 21.9. The van der Waals surface area contributed by atoms with Gasteiger partial charge < -0.3 is 9.32 Å². The van der Waals surface area contributed by atoms with Crippen molar-refractivity contribution < 1.29 is 4.42 Å². The molecule has 0 saturated heterocycles. The molecule has 0 spiro atoms. The Labute approximate surface area is 372 Å². The van der Waals surface area contributed by atoms with Crippen LogP contribution in [0.1, 0.15) is 0 Å². The first kappa shape index (κ1) is 37.3. The Morgan fingerprint density at radius 3 is 1.38 bits per heavy atom. The van der Waals surface area contributed by atoms with Crippen molar-refractivity contribution in [2.75, 3.05) is 4.90 Å². The Balaban J connectivity index is 0.877. The highest BCUT2D eigenvalue weighted by Crippen LogP contribution is 2.40. The van der Waals surface area contributed by atoms with E-state index in [0.29, 0.717) is 0 Å². The van der Waals surface area contributed by atoms with Crippen LogP contribution in [-0.2, 0) is 0 Å². The zero-order chi connectivity index (χ0) is 42.4. The minimum atomic E-state index is 0.871. The predicted molar refractivity (Wildman–Crippen MR) is 271 cm³/mol. The summed E-state index contributed by atoms with van der Waals surface area (Å²) in [4.78, 5) is 2.35. The van der Waals surface area contributed by atoms with Gasteiger partial charge in [-0.05, 0) is 137 Å². The first-order valence-corrected chi connectivity index (χ1v) is 21.9. The van der Waals surface area contributed by atoms with Crippen LogP contribution in [0.3, 0.4) is 0 Å². The van der Waals surface area contributed by atoms with Crippen LogP contribution in [-0.4, -0.2) is 0 Å². The zero-order valence-corrected chi connectivity index (χ0v) is 35.0. The second-order valence-corrected chi connectivity index (χ2v) is 16.5. The molecule has 2 nitrogen and oxygen atoms in total. The molecule has 0 unspecified atom stereocenters. The molecule has 0 N–H and O–H groups in total. The highest BCUT2D eigenvalue weighted by molar-refractivity contribution is 6.08. The number of rotatable bonds is 8. The summed E-state index contributed by atoms with van der Waals surface area (Å²) in [6, 6.07) is 89.7. The molecular weight excluding hydrogens is 775 g/mol. The van der Waals surface area contributed by atoms with Crippen molar-refractivity contribution in [3.63, 3.8) is 0 Å². The molecular formula is C62H41NO. The summed E-state index contributed by atoms with van der Waals surface area (Å²) in [7, 11) is 0. The van der Waals surface area contributed by atoms with Crippen LogP contribution in [0.25, 0.3) is 99.1 Å². The molecule has 300 valence electrons. The van der Waals surface area contributed by atoms with E-state index < -0.39 is 0 Å². The molecule has 0 saturated carbocycles. The Hall–Kier alpha value is -8.46. The fourth-order valence-electron chi connectivity index (χ4n) is 9.34. The maximum atomic E-state index is 6.23. The van der Waals surface area contributed by atoms with Gasteiger partial charge in [0.2, 0.25) is 0 Å². The van der Waals surface area contributed by atoms with Crippen molar-refractivity contribution in [3.8, 4) is 55.8 Å². The van der Waals surface area contributed by atoms with E-state index in [-0.39, 0.29) is 0 Å². The zero-order valence-electron chi connectivity index (χ0n) is 35.0. The standard InChI is InChI=1S/C62H41NO/c1-4-15-57-46(9-1)12-8-17-59(57)48-21-19-42(20-22-48)43-25-32-54(33-26-43)63(56-36-29-45(30-37-56)50-31-38-60-51(39-50)24-23-47-10-2-5-16-58(47)60)55-34-27-44(28-35-55)49-13-7-14-52(40-49)62-41-53-11-3-6-18-61(53)64-62/h1-41H. The van der Waals surface area contributed by atoms with Crippen molar-refractivity contribution in [2.24, 2.45) is 0 Å². The molecule has 0 aliphatic carbocycles. The average molecular weight is 816 g/mol. The van der Waals surface area contributed by atoms with Crippen molar-refractivity contribution >= 4 is 60.3 Å². The lowest BCUT2D eigenvalue weighted by Crippen LogP contribution is -2.09. The van der Waals surface area contributed by atoms with E-state index in [0.717, 1.165) is 50.5 Å². The Kier molecular flexibility index (Phi) is 9.20. The van der Waals surface area contributed by atoms with Crippen LogP contribution in [0.2, 0.25) is 0 Å². The Morgan fingerprint density at radius 2 is 0.703 bits per heavy atom. The number of nitrogens with zero attached hydrogens (tertiary/aromatic N) is 1. The second kappa shape index (κ2) is 15.8. The summed E-state index contributed by atoms with van der Waals surface area (Å²) < 4.78 is 6.23. The van der Waals surface area contributed by atoms with Crippen LogP contribution in [0.4, 0.5) is 17.1 Å². The van der Waals surface area contributed by atoms with Crippen LogP contribution in [0.15, 0.2) is 253 Å². The third kappa shape index (κ3) is 6.88. The number of furan rings is 1. The maximum absolute atomic E-state index is 6.23. The van der Waals surface area contributed by atoms with Gasteiger partial charge in [-0.1, -0.05) is 188 Å². The Morgan fingerprint density at radius 1 is 0.250 bits per heavy atom. The monoisotopic (exact) mass is 815 g/mol. The van der Waals surface area contributed by atoms with E-state index in [4.69, 9.17) is 4.42 Å². The second-order valence-electron chi connectivity index (χ2n) is 16.5. The van der Waals surface area contributed by atoms with Gasteiger partial charge in [0.25, 0.3) is 0 Å². The third-order valence-corrected chi connectivity index (χ3v) is 12.7.